The van der Waals surface area contributed by atoms with E-state index in [9.17, 15) is 23.3 Å². The molecule has 0 saturated heterocycles. The largest absolute Gasteiger partial charge is 0.495 e. The van der Waals surface area contributed by atoms with Crippen LogP contribution in [0.5, 0.6) is 11.5 Å². The number of anilines is 1. The first-order valence-electron chi connectivity index (χ1n) is 9.83. The Morgan fingerprint density at radius 1 is 1.19 bits per heavy atom. The van der Waals surface area contributed by atoms with E-state index in [1.165, 1.54) is 19.2 Å². The van der Waals surface area contributed by atoms with Gasteiger partial charge in [-0.15, -0.1) is 0 Å². The maximum Gasteiger partial charge on any atom is 0.271 e. The maximum absolute atomic E-state index is 12.4. The minimum Gasteiger partial charge on any atom is -0.495 e. The van der Waals surface area contributed by atoms with Crippen LogP contribution in [-0.2, 0) is 14.8 Å². The summed E-state index contributed by atoms with van der Waals surface area (Å²) in [7, 11) is -2.64. The van der Waals surface area contributed by atoms with Gasteiger partial charge in [-0.25, -0.2) is 8.42 Å². The summed E-state index contributed by atoms with van der Waals surface area (Å²) >= 11 is 0. The number of nitrogens with one attached hydrogen (secondary N) is 1. The summed E-state index contributed by atoms with van der Waals surface area (Å²) in [5, 5.41) is 13.7. The number of sulfonamides is 1. The lowest BCUT2D eigenvalue weighted by Crippen LogP contribution is -2.41. The number of methoxy groups -OCH3 is 1. The van der Waals surface area contributed by atoms with Crippen LogP contribution in [0.3, 0.4) is 0 Å². The minimum atomic E-state index is -3.94. The standard InChI is InChI=1S/C21H27N3O7S/c1-15(2)17-7-5-6-8-19(17)31-12-11-22-21(25)14-23(32(4,28)29)18-13-16(24(26)27)9-10-20(18)30-3/h5-10,13,15H,11-12,14H2,1-4H3,(H,22,25). The highest BCUT2D eigenvalue weighted by Crippen LogP contribution is 2.33. The molecule has 2 rings (SSSR count). The summed E-state index contributed by atoms with van der Waals surface area (Å²) in [4.78, 5) is 22.9. The van der Waals surface area contributed by atoms with Gasteiger partial charge in [0.2, 0.25) is 15.9 Å². The van der Waals surface area contributed by atoms with E-state index >= 15 is 0 Å². The lowest BCUT2D eigenvalue weighted by Gasteiger charge is -2.23. The summed E-state index contributed by atoms with van der Waals surface area (Å²) < 4.78 is 36.3. The van der Waals surface area contributed by atoms with Crippen molar-refractivity contribution >= 4 is 27.3 Å². The van der Waals surface area contributed by atoms with Crippen LogP contribution in [0.15, 0.2) is 42.5 Å². The highest BCUT2D eigenvalue weighted by Gasteiger charge is 2.26. The number of amides is 1. The topological polar surface area (TPSA) is 128 Å². The Bertz CT molecular complexity index is 1070. The van der Waals surface area contributed by atoms with Crippen LogP contribution in [0.1, 0.15) is 25.3 Å². The fourth-order valence-electron chi connectivity index (χ4n) is 2.99. The number of benzene rings is 2. The molecule has 0 aromatic heterocycles. The fraction of sp³-hybridized carbons (Fsp3) is 0.381. The zero-order valence-electron chi connectivity index (χ0n) is 18.4. The van der Waals surface area contributed by atoms with Crippen molar-refractivity contribution in [1.29, 1.82) is 0 Å². The molecule has 0 aliphatic carbocycles. The van der Waals surface area contributed by atoms with Crippen LogP contribution < -0.4 is 19.1 Å². The normalized spacial score (nSPS) is 11.2. The average Bonchev–Trinajstić information content (AvgIpc) is 2.74. The summed E-state index contributed by atoms with van der Waals surface area (Å²) in [6.07, 6.45) is 0.907. The maximum atomic E-state index is 12.4. The molecule has 0 radical (unpaired) electrons. The molecular formula is C21H27N3O7S. The van der Waals surface area contributed by atoms with Gasteiger partial charge in [0.15, 0.2) is 0 Å². The molecule has 11 heteroatoms. The van der Waals surface area contributed by atoms with E-state index in [1.54, 1.807) is 0 Å². The van der Waals surface area contributed by atoms with Gasteiger partial charge in [0.05, 0.1) is 24.8 Å². The van der Waals surface area contributed by atoms with Crippen molar-refractivity contribution in [2.75, 3.05) is 37.4 Å². The van der Waals surface area contributed by atoms with Crippen molar-refractivity contribution in [1.82, 2.24) is 5.32 Å². The van der Waals surface area contributed by atoms with E-state index in [4.69, 9.17) is 9.47 Å². The predicted octanol–water partition coefficient (Wildman–Crippen LogP) is 2.69. The number of nitrogens with zero attached hydrogens (tertiary/aromatic N) is 2. The van der Waals surface area contributed by atoms with E-state index in [0.29, 0.717) is 0 Å². The van der Waals surface area contributed by atoms with Crippen LogP contribution >= 0.6 is 0 Å². The van der Waals surface area contributed by atoms with Gasteiger partial charge in [-0.05, 0) is 23.6 Å². The Hall–Kier alpha value is -3.34. The number of nitro benzene ring substituents is 1. The van der Waals surface area contributed by atoms with Gasteiger partial charge in [-0.1, -0.05) is 32.0 Å². The number of non-ortho nitro benzene ring substituents is 1. The molecular weight excluding hydrogens is 438 g/mol. The third-order valence-corrected chi connectivity index (χ3v) is 5.68. The first-order chi connectivity index (χ1) is 15.0. The highest BCUT2D eigenvalue weighted by molar-refractivity contribution is 7.92. The number of hydrogen-bond donors (Lipinski definition) is 1. The third-order valence-electron chi connectivity index (χ3n) is 4.55. The van der Waals surface area contributed by atoms with Crippen molar-refractivity contribution < 1.29 is 27.6 Å². The van der Waals surface area contributed by atoms with Gasteiger partial charge in [0.1, 0.15) is 30.3 Å². The Morgan fingerprint density at radius 3 is 2.47 bits per heavy atom. The van der Waals surface area contributed by atoms with Crippen molar-refractivity contribution in [2.24, 2.45) is 0 Å². The molecule has 10 nitrogen and oxygen atoms in total. The second-order valence-corrected chi connectivity index (χ2v) is 9.18. The average molecular weight is 466 g/mol. The number of hydrogen-bond acceptors (Lipinski definition) is 7. The van der Waals surface area contributed by atoms with Crippen LogP contribution in [0, 0.1) is 10.1 Å². The quantitative estimate of drug-likeness (QED) is 0.307. The molecule has 0 spiro atoms. The van der Waals surface area contributed by atoms with Gasteiger partial charge >= 0.3 is 0 Å². The highest BCUT2D eigenvalue weighted by atomic mass is 32.2. The number of rotatable bonds is 11. The van der Waals surface area contributed by atoms with Crippen molar-refractivity contribution in [3.05, 3.63) is 58.1 Å². The number of nitro groups is 1. The van der Waals surface area contributed by atoms with Gasteiger partial charge in [-0.2, -0.15) is 0 Å². The van der Waals surface area contributed by atoms with E-state index in [1.807, 2.05) is 38.1 Å². The first-order valence-corrected chi connectivity index (χ1v) is 11.7. The summed E-state index contributed by atoms with van der Waals surface area (Å²) in [6.45, 7) is 3.86. The number of carbonyl (C=O) groups excluding carboxylic acids is 1. The number of ether oxygens (including phenoxy) is 2. The molecule has 2 aromatic rings. The summed E-state index contributed by atoms with van der Waals surface area (Å²) in [5.41, 5.74) is 0.619. The van der Waals surface area contributed by atoms with Crippen LogP contribution in [0.2, 0.25) is 0 Å². The number of para-hydroxylation sites is 1. The van der Waals surface area contributed by atoms with Gasteiger partial charge in [0.25, 0.3) is 5.69 Å². The molecule has 1 N–H and O–H groups in total. The third kappa shape index (κ3) is 6.58. The van der Waals surface area contributed by atoms with E-state index in [-0.39, 0.29) is 36.2 Å². The molecule has 32 heavy (non-hydrogen) atoms. The Kier molecular flexibility index (Phi) is 8.41. The van der Waals surface area contributed by atoms with E-state index in [2.05, 4.69) is 5.32 Å². The van der Waals surface area contributed by atoms with Crippen LogP contribution in [-0.4, -0.2) is 52.3 Å². The molecule has 0 atom stereocenters. The van der Waals surface area contributed by atoms with Gasteiger partial charge in [0, 0.05) is 12.1 Å². The molecule has 0 heterocycles. The summed E-state index contributed by atoms with van der Waals surface area (Å²) in [5.74, 6) is 0.483. The lowest BCUT2D eigenvalue weighted by molar-refractivity contribution is -0.384. The SMILES string of the molecule is COc1ccc([N+](=O)[O-])cc1N(CC(=O)NCCOc1ccccc1C(C)C)S(C)(=O)=O. The Labute approximate surface area is 187 Å². The Morgan fingerprint density at radius 2 is 1.88 bits per heavy atom. The molecule has 2 aromatic carbocycles. The van der Waals surface area contributed by atoms with Crippen LogP contribution in [0.25, 0.3) is 0 Å². The fourth-order valence-corrected chi connectivity index (χ4v) is 3.85. The predicted molar refractivity (Wildman–Crippen MR) is 121 cm³/mol. The zero-order chi connectivity index (χ0) is 23.9. The number of carbonyl (C=O) groups is 1. The van der Waals surface area contributed by atoms with Crippen molar-refractivity contribution in [3.8, 4) is 11.5 Å². The van der Waals surface area contributed by atoms with Crippen molar-refractivity contribution in [3.63, 3.8) is 0 Å². The van der Waals surface area contributed by atoms with Gasteiger partial charge < -0.3 is 14.8 Å². The monoisotopic (exact) mass is 465 g/mol. The second kappa shape index (κ2) is 10.8. The lowest BCUT2D eigenvalue weighted by atomic mass is 10.0. The summed E-state index contributed by atoms with van der Waals surface area (Å²) in [6, 6.07) is 11.1. The molecule has 0 bridgehead atoms. The zero-order valence-corrected chi connectivity index (χ0v) is 19.2. The molecule has 0 aliphatic rings. The molecule has 0 aliphatic heterocycles. The first kappa shape index (κ1) is 24.9. The molecule has 0 unspecified atom stereocenters. The minimum absolute atomic E-state index is 0.0856. The van der Waals surface area contributed by atoms with Crippen molar-refractivity contribution in [2.45, 2.75) is 19.8 Å². The second-order valence-electron chi connectivity index (χ2n) is 7.27. The van der Waals surface area contributed by atoms with Gasteiger partial charge in [-0.3, -0.25) is 19.2 Å². The molecule has 0 fully saturated rings. The van der Waals surface area contributed by atoms with E-state index < -0.39 is 27.4 Å². The van der Waals surface area contributed by atoms with E-state index in [0.717, 1.165) is 27.9 Å². The molecule has 1 amide bonds. The Balaban J connectivity index is 2.08. The molecule has 174 valence electrons. The van der Waals surface area contributed by atoms with Crippen LogP contribution in [0.4, 0.5) is 11.4 Å². The molecule has 0 saturated carbocycles. The smallest absolute Gasteiger partial charge is 0.271 e.